The third-order valence-corrected chi connectivity index (χ3v) is 4.09. The van der Waals surface area contributed by atoms with Gasteiger partial charge in [0.05, 0.1) is 25.7 Å². The molecule has 3 heteroatoms. The van der Waals surface area contributed by atoms with Gasteiger partial charge in [0, 0.05) is 6.42 Å². The Morgan fingerprint density at radius 1 is 0.917 bits per heavy atom. The molecule has 0 saturated heterocycles. The first-order chi connectivity index (χ1) is 11.8. The van der Waals surface area contributed by atoms with Crippen molar-refractivity contribution in [1.82, 2.24) is 0 Å². The molecule has 0 N–H and O–H groups in total. The molecule has 1 unspecified atom stereocenters. The lowest BCUT2D eigenvalue weighted by Crippen LogP contribution is -2.05. The van der Waals surface area contributed by atoms with Crippen LogP contribution < -0.4 is 9.47 Å². The van der Waals surface area contributed by atoms with Crippen LogP contribution in [0.15, 0.2) is 66.7 Å². The van der Waals surface area contributed by atoms with Crippen LogP contribution in [0.4, 0.5) is 0 Å². The van der Waals surface area contributed by atoms with E-state index in [-0.39, 0.29) is 5.92 Å². The standard InChI is InChI=1S/C21H19NO2/c1-23-18-9-11-19(12-10-18)24-14-13-17(15-22)21-8-4-6-16-5-2-3-7-20(16)21/h2-12,17H,13-14H2,1H3. The summed E-state index contributed by atoms with van der Waals surface area (Å²) in [6.07, 6.45) is 0.649. The van der Waals surface area contributed by atoms with Gasteiger partial charge in [0.1, 0.15) is 11.5 Å². The van der Waals surface area contributed by atoms with Crippen molar-refractivity contribution in [2.24, 2.45) is 0 Å². The molecule has 0 spiro atoms. The zero-order chi connectivity index (χ0) is 16.8. The zero-order valence-corrected chi connectivity index (χ0v) is 13.6. The van der Waals surface area contributed by atoms with E-state index in [2.05, 4.69) is 24.3 Å². The normalized spacial score (nSPS) is 11.7. The molecule has 3 rings (SSSR count). The summed E-state index contributed by atoms with van der Waals surface area (Å²) in [5.41, 5.74) is 1.06. The largest absolute Gasteiger partial charge is 0.497 e. The summed E-state index contributed by atoms with van der Waals surface area (Å²) in [5, 5.41) is 11.9. The van der Waals surface area contributed by atoms with Gasteiger partial charge in [-0.25, -0.2) is 0 Å². The molecule has 0 aliphatic rings. The predicted molar refractivity (Wildman–Crippen MR) is 95.4 cm³/mol. The second kappa shape index (κ2) is 7.52. The SMILES string of the molecule is COc1ccc(OCCC(C#N)c2cccc3ccccc23)cc1. The van der Waals surface area contributed by atoms with Gasteiger partial charge in [0.25, 0.3) is 0 Å². The number of hydrogen-bond donors (Lipinski definition) is 0. The molecule has 3 aromatic carbocycles. The van der Waals surface area contributed by atoms with E-state index in [0.717, 1.165) is 27.8 Å². The van der Waals surface area contributed by atoms with Gasteiger partial charge in [-0.2, -0.15) is 5.26 Å². The van der Waals surface area contributed by atoms with E-state index in [1.165, 1.54) is 0 Å². The lowest BCUT2D eigenvalue weighted by Gasteiger charge is -2.13. The van der Waals surface area contributed by atoms with E-state index in [4.69, 9.17) is 9.47 Å². The predicted octanol–water partition coefficient (Wildman–Crippen LogP) is 4.92. The second-order valence-corrected chi connectivity index (χ2v) is 5.56. The minimum Gasteiger partial charge on any atom is -0.497 e. The Balaban J connectivity index is 1.69. The van der Waals surface area contributed by atoms with E-state index in [9.17, 15) is 5.26 Å². The molecule has 0 heterocycles. The molecular weight excluding hydrogens is 298 g/mol. The van der Waals surface area contributed by atoms with Gasteiger partial charge >= 0.3 is 0 Å². The molecule has 120 valence electrons. The number of fused-ring (bicyclic) bond motifs is 1. The van der Waals surface area contributed by atoms with Crippen LogP contribution in [0.3, 0.4) is 0 Å². The number of methoxy groups -OCH3 is 1. The van der Waals surface area contributed by atoms with Gasteiger partial charge in [-0.3, -0.25) is 0 Å². The van der Waals surface area contributed by atoms with Crippen molar-refractivity contribution in [3.63, 3.8) is 0 Å². The van der Waals surface area contributed by atoms with Crippen molar-refractivity contribution >= 4 is 10.8 Å². The van der Waals surface area contributed by atoms with Crippen molar-refractivity contribution in [2.45, 2.75) is 12.3 Å². The highest BCUT2D eigenvalue weighted by atomic mass is 16.5. The van der Waals surface area contributed by atoms with E-state index in [1.54, 1.807) is 7.11 Å². The van der Waals surface area contributed by atoms with E-state index in [1.807, 2.05) is 48.5 Å². The van der Waals surface area contributed by atoms with Gasteiger partial charge in [-0.1, -0.05) is 42.5 Å². The van der Waals surface area contributed by atoms with Crippen molar-refractivity contribution in [2.75, 3.05) is 13.7 Å². The Morgan fingerprint density at radius 2 is 1.62 bits per heavy atom. The highest BCUT2D eigenvalue weighted by Gasteiger charge is 2.13. The quantitative estimate of drug-likeness (QED) is 0.647. The molecule has 0 amide bonds. The molecule has 0 aliphatic carbocycles. The Hall–Kier alpha value is -2.99. The lowest BCUT2D eigenvalue weighted by atomic mass is 9.92. The molecule has 0 aromatic heterocycles. The third kappa shape index (κ3) is 3.49. The van der Waals surface area contributed by atoms with E-state index >= 15 is 0 Å². The van der Waals surface area contributed by atoms with Crippen LogP contribution in [0, 0.1) is 11.3 Å². The van der Waals surface area contributed by atoms with Crippen LogP contribution in [0.5, 0.6) is 11.5 Å². The number of nitriles is 1. The number of rotatable bonds is 6. The molecule has 3 aromatic rings. The van der Waals surface area contributed by atoms with Crippen molar-refractivity contribution in [3.8, 4) is 17.6 Å². The third-order valence-electron chi connectivity index (χ3n) is 4.09. The summed E-state index contributed by atoms with van der Waals surface area (Å²) in [6.45, 7) is 0.494. The van der Waals surface area contributed by atoms with E-state index in [0.29, 0.717) is 13.0 Å². The number of nitrogens with zero attached hydrogens (tertiary/aromatic N) is 1. The van der Waals surface area contributed by atoms with Gasteiger partial charge in [0.15, 0.2) is 0 Å². The number of hydrogen-bond acceptors (Lipinski definition) is 3. The molecular formula is C21H19NO2. The van der Waals surface area contributed by atoms with Crippen LogP contribution >= 0.6 is 0 Å². The Kier molecular flexibility index (Phi) is 4.98. The minimum atomic E-state index is -0.186. The molecule has 0 radical (unpaired) electrons. The van der Waals surface area contributed by atoms with Crippen molar-refractivity contribution in [3.05, 3.63) is 72.3 Å². The summed E-state index contributed by atoms with van der Waals surface area (Å²) >= 11 is 0. The summed E-state index contributed by atoms with van der Waals surface area (Å²) in [5.74, 6) is 1.40. The second-order valence-electron chi connectivity index (χ2n) is 5.56. The molecule has 1 atom stereocenters. The lowest BCUT2D eigenvalue weighted by molar-refractivity contribution is 0.305. The van der Waals surface area contributed by atoms with Gasteiger partial charge in [0.2, 0.25) is 0 Å². The molecule has 24 heavy (non-hydrogen) atoms. The summed E-state index contributed by atoms with van der Waals surface area (Å²) < 4.78 is 10.9. The fraction of sp³-hybridized carbons (Fsp3) is 0.190. The average Bonchev–Trinajstić information content (AvgIpc) is 2.65. The Labute approximate surface area is 142 Å². The van der Waals surface area contributed by atoms with Crippen molar-refractivity contribution < 1.29 is 9.47 Å². The summed E-state index contributed by atoms with van der Waals surface area (Å²) in [4.78, 5) is 0. The molecule has 0 fully saturated rings. The minimum absolute atomic E-state index is 0.186. The number of benzene rings is 3. The highest BCUT2D eigenvalue weighted by Crippen LogP contribution is 2.28. The van der Waals surface area contributed by atoms with Crippen molar-refractivity contribution in [1.29, 1.82) is 5.26 Å². The maximum atomic E-state index is 9.58. The van der Waals surface area contributed by atoms with Gasteiger partial charge in [-0.05, 0) is 40.6 Å². The Bertz CT molecular complexity index is 844. The van der Waals surface area contributed by atoms with Crippen LogP contribution in [0.1, 0.15) is 17.9 Å². The van der Waals surface area contributed by atoms with Gasteiger partial charge < -0.3 is 9.47 Å². The van der Waals surface area contributed by atoms with Crippen LogP contribution in [0.25, 0.3) is 10.8 Å². The van der Waals surface area contributed by atoms with Crippen LogP contribution in [-0.2, 0) is 0 Å². The zero-order valence-electron chi connectivity index (χ0n) is 13.6. The first kappa shape index (κ1) is 15.9. The molecule has 0 bridgehead atoms. The maximum Gasteiger partial charge on any atom is 0.119 e. The average molecular weight is 317 g/mol. The molecule has 3 nitrogen and oxygen atoms in total. The van der Waals surface area contributed by atoms with Gasteiger partial charge in [-0.15, -0.1) is 0 Å². The Morgan fingerprint density at radius 3 is 2.38 bits per heavy atom. The summed E-state index contributed by atoms with van der Waals surface area (Å²) in [7, 11) is 1.64. The maximum absolute atomic E-state index is 9.58. The first-order valence-electron chi connectivity index (χ1n) is 7.96. The molecule has 0 saturated carbocycles. The monoisotopic (exact) mass is 317 g/mol. The summed E-state index contributed by atoms with van der Waals surface area (Å²) in [6, 6.07) is 24.2. The fourth-order valence-electron chi connectivity index (χ4n) is 2.81. The fourth-order valence-corrected chi connectivity index (χ4v) is 2.81. The highest BCUT2D eigenvalue weighted by molar-refractivity contribution is 5.86. The van der Waals surface area contributed by atoms with E-state index < -0.39 is 0 Å². The number of ether oxygens (including phenoxy) is 2. The van der Waals surface area contributed by atoms with Crippen LogP contribution in [0.2, 0.25) is 0 Å². The molecule has 0 aliphatic heterocycles. The van der Waals surface area contributed by atoms with Crippen LogP contribution in [-0.4, -0.2) is 13.7 Å². The first-order valence-corrected chi connectivity index (χ1v) is 7.96. The topological polar surface area (TPSA) is 42.2 Å². The smallest absolute Gasteiger partial charge is 0.119 e.